The predicted octanol–water partition coefficient (Wildman–Crippen LogP) is 1.04. The molecule has 0 aliphatic carbocycles. The van der Waals surface area contributed by atoms with Gasteiger partial charge in [0, 0.05) is 0 Å². The molecule has 0 bridgehead atoms. The van der Waals surface area contributed by atoms with Gasteiger partial charge in [-0.2, -0.15) is 10.2 Å². The highest BCUT2D eigenvalue weighted by atomic mass is 16.6. The molecular weight excluding hydrogens is 282 g/mol. The average Bonchev–Trinajstić information content (AvgIpc) is 3.00. The molecule has 0 fully saturated rings. The van der Waals surface area contributed by atoms with Crippen LogP contribution in [0.25, 0.3) is 11.3 Å². The summed E-state index contributed by atoms with van der Waals surface area (Å²) in [6, 6.07) is 0. The first-order chi connectivity index (χ1) is 9.97. The van der Waals surface area contributed by atoms with Gasteiger partial charge in [-0.05, 0) is 6.92 Å². The second-order valence-corrected chi connectivity index (χ2v) is 4.17. The molecule has 11 nitrogen and oxygen atoms in total. The summed E-state index contributed by atoms with van der Waals surface area (Å²) < 4.78 is 2.49. The van der Waals surface area contributed by atoms with Crippen molar-refractivity contribution in [2.75, 3.05) is 0 Å². The first-order valence-electron chi connectivity index (χ1n) is 5.66. The summed E-state index contributed by atoms with van der Waals surface area (Å²) in [7, 11) is 0. The van der Waals surface area contributed by atoms with Crippen LogP contribution in [0.2, 0.25) is 0 Å². The van der Waals surface area contributed by atoms with Gasteiger partial charge in [0.2, 0.25) is 5.65 Å². The molecule has 21 heavy (non-hydrogen) atoms. The Labute approximate surface area is 115 Å². The maximum atomic E-state index is 10.9. The Morgan fingerprint density at radius 3 is 2.52 bits per heavy atom. The van der Waals surface area contributed by atoms with Gasteiger partial charge in [-0.15, -0.1) is 0 Å². The lowest BCUT2D eigenvalue weighted by Crippen LogP contribution is -2.00. The summed E-state index contributed by atoms with van der Waals surface area (Å²) in [5.74, 6) is 0. The Balaban J connectivity index is 2.13. The molecule has 3 heterocycles. The van der Waals surface area contributed by atoms with Gasteiger partial charge in [-0.1, -0.05) is 0 Å². The lowest BCUT2D eigenvalue weighted by Gasteiger charge is -1.99. The molecule has 0 aromatic carbocycles. The highest BCUT2D eigenvalue weighted by Gasteiger charge is 2.22. The van der Waals surface area contributed by atoms with Crippen LogP contribution in [0.3, 0.4) is 0 Å². The van der Waals surface area contributed by atoms with Gasteiger partial charge in [0.15, 0.2) is 0 Å². The molecule has 11 heteroatoms. The van der Waals surface area contributed by atoms with Gasteiger partial charge in [0.1, 0.15) is 23.8 Å². The van der Waals surface area contributed by atoms with Crippen LogP contribution in [0.4, 0.5) is 11.4 Å². The third kappa shape index (κ3) is 1.96. The van der Waals surface area contributed by atoms with E-state index in [2.05, 4.69) is 15.2 Å². The second-order valence-electron chi connectivity index (χ2n) is 4.17. The van der Waals surface area contributed by atoms with Crippen LogP contribution in [-0.2, 0) is 0 Å². The third-order valence-electron chi connectivity index (χ3n) is 2.83. The lowest BCUT2D eigenvalue weighted by atomic mass is 10.4. The third-order valence-corrected chi connectivity index (χ3v) is 2.83. The van der Waals surface area contributed by atoms with E-state index >= 15 is 0 Å². The van der Waals surface area contributed by atoms with E-state index in [0.717, 1.165) is 6.20 Å². The molecule has 106 valence electrons. The summed E-state index contributed by atoms with van der Waals surface area (Å²) in [6.07, 6.45) is 5.11. The Kier molecular flexibility index (Phi) is 2.61. The highest BCUT2D eigenvalue weighted by molar-refractivity contribution is 5.62. The topological polar surface area (TPSA) is 134 Å². The highest BCUT2D eigenvalue weighted by Crippen LogP contribution is 2.23. The van der Waals surface area contributed by atoms with Crippen LogP contribution in [-0.4, -0.2) is 34.2 Å². The quantitative estimate of drug-likeness (QED) is 0.519. The van der Waals surface area contributed by atoms with E-state index in [1.165, 1.54) is 34.7 Å². The first-order valence-corrected chi connectivity index (χ1v) is 5.66. The van der Waals surface area contributed by atoms with Crippen molar-refractivity contribution in [2.24, 2.45) is 0 Å². The van der Waals surface area contributed by atoms with E-state index in [1.807, 2.05) is 0 Å². The molecule has 0 saturated carbocycles. The van der Waals surface area contributed by atoms with Gasteiger partial charge < -0.3 is 0 Å². The fourth-order valence-corrected chi connectivity index (χ4v) is 1.90. The summed E-state index contributed by atoms with van der Waals surface area (Å²) in [5.41, 5.74) is 0.387. The maximum Gasteiger partial charge on any atom is 0.336 e. The van der Waals surface area contributed by atoms with Crippen molar-refractivity contribution in [2.45, 2.75) is 6.92 Å². The summed E-state index contributed by atoms with van der Waals surface area (Å²) in [4.78, 5) is 24.4. The van der Waals surface area contributed by atoms with Crippen molar-refractivity contribution in [1.82, 2.24) is 24.4 Å². The predicted molar refractivity (Wildman–Crippen MR) is 68.2 cm³/mol. The van der Waals surface area contributed by atoms with Crippen LogP contribution in [0.1, 0.15) is 5.69 Å². The van der Waals surface area contributed by atoms with Crippen molar-refractivity contribution >= 4 is 17.0 Å². The van der Waals surface area contributed by atoms with E-state index in [0.29, 0.717) is 5.69 Å². The molecular formula is C10H7N7O4. The van der Waals surface area contributed by atoms with Gasteiger partial charge in [-0.25, -0.2) is 14.2 Å². The number of nitro groups is 2. The zero-order valence-corrected chi connectivity index (χ0v) is 10.6. The van der Waals surface area contributed by atoms with Crippen molar-refractivity contribution in [3.63, 3.8) is 0 Å². The largest absolute Gasteiger partial charge is 0.336 e. The lowest BCUT2D eigenvalue weighted by molar-refractivity contribution is -0.384. The van der Waals surface area contributed by atoms with E-state index in [-0.39, 0.29) is 22.7 Å². The Morgan fingerprint density at radius 1 is 1.14 bits per heavy atom. The molecule has 0 aliphatic heterocycles. The van der Waals surface area contributed by atoms with E-state index in [4.69, 9.17) is 0 Å². The van der Waals surface area contributed by atoms with Crippen LogP contribution in [0.5, 0.6) is 0 Å². The van der Waals surface area contributed by atoms with Crippen LogP contribution in [0, 0.1) is 27.2 Å². The van der Waals surface area contributed by atoms with Gasteiger partial charge >= 0.3 is 11.4 Å². The van der Waals surface area contributed by atoms with E-state index in [9.17, 15) is 20.2 Å². The minimum absolute atomic E-state index is 0.0999. The molecule has 0 atom stereocenters. The van der Waals surface area contributed by atoms with Crippen LogP contribution < -0.4 is 0 Å². The number of aryl methyl sites for hydroxylation is 1. The number of fused-ring (bicyclic) bond motifs is 1. The average molecular weight is 289 g/mol. The van der Waals surface area contributed by atoms with Crippen molar-refractivity contribution in [1.29, 1.82) is 0 Å². The molecule has 0 N–H and O–H groups in total. The molecule has 0 aliphatic rings. The molecule has 0 radical (unpaired) electrons. The molecule has 3 aromatic heterocycles. The number of rotatable bonds is 3. The number of hydrogen-bond acceptors (Lipinski definition) is 7. The molecule has 0 spiro atoms. The van der Waals surface area contributed by atoms with Crippen molar-refractivity contribution in [3.05, 3.63) is 50.7 Å². The number of hydrogen-bond donors (Lipinski definition) is 0. The summed E-state index contributed by atoms with van der Waals surface area (Å²) >= 11 is 0. The maximum absolute atomic E-state index is 10.9. The molecule has 3 rings (SSSR count). The zero-order chi connectivity index (χ0) is 15.1. The molecule has 0 saturated heterocycles. The number of aromatic nitrogens is 5. The Hall–Kier alpha value is -3.37. The van der Waals surface area contributed by atoms with Crippen LogP contribution >= 0.6 is 0 Å². The smallest absolute Gasteiger partial charge is 0.258 e. The molecule has 0 unspecified atom stereocenters. The zero-order valence-electron chi connectivity index (χ0n) is 10.6. The fraction of sp³-hybridized carbons (Fsp3) is 0.100. The molecule has 3 aromatic rings. The standard InChI is InChI=1S/C10H7N7O4/c1-6-9(17(20)21)10-11-2-7(4-15(10)13-6)14-5-8(3-12-14)16(18)19/h2-5H,1H3. The van der Waals surface area contributed by atoms with Gasteiger partial charge in [0.05, 0.1) is 22.2 Å². The monoisotopic (exact) mass is 289 g/mol. The second kappa shape index (κ2) is 4.33. The molecule has 0 amide bonds. The van der Waals surface area contributed by atoms with Crippen LogP contribution in [0.15, 0.2) is 24.8 Å². The van der Waals surface area contributed by atoms with Gasteiger partial charge in [0.25, 0.3) is 0 Å². The fourth-order valence-electron chi connectivity index (χ4n) is 1.90. The Bertz CT molecular complexity index is 881. The van der Waals surface area contributed by atoms with Crippen molar-refractivity contribution < 1.29 is 9.85 Å². The van der Waals surface area contributed by atoms with Crippen molar-refractivity contribution in [3.8, 4) is 5.69 Å². The minimum Gasteiger partial charge on any atom is -0.258 e. The number of nitrogens with zero attached hydrogens (tertiary/aromatic N) is 7. The Morgan fingerprint density at radius 2 is 1.90 bits per heavy atom. The summed E-state index contributed by atoms with van der Waals surface area (Å²) in [5, 5.41) is 29.4. The summed E-state index contributed by atoms with van der Waals surface area (Å²) in [6.45, 7) is 1.51. The first kappa shape index (κ1) is 12.7. The van der Waals surface area contributed by atoms with E-state index < -0.39 is 9.85 Å². The van der Waals surface area contributed by atoms with Gasteiger partial charge in [-0.3, -0.25) is 20.2 Å². The minimum atomic E-state index is -0.571. The normalized spacial score (nSPS) is 10.9. The van der Waals surface area contributed by atoms with E-state index in [1.54, 1.807) is 0 Å². The SMILES string of the molecule is Cc1nn2cc(-n3cc([N+](=O)[O-])cn3)cnc2c1[N+](=O)[O-].